The van der Waals surface area contributed by atoms with Crippen LogP contribution in [0.15, 0.2) is 41.0 Å². The summed E-state index contributed by atoms with van der Waals surface area (Å²) in [6.45, 7) is 1.26. The SMILES string of the molecule is Cc1cc(NC(=O)C2CC(F)(F)CN2)ccc1NC(=O)c1ccco1.Cl. The Hall–Kier alpha value is -2.45. The lowest BCUT2D eigenvalue weighted by Crippen LogP contribution is -2.35. The van der Waals surface area contributed by atoms with E-state index >= 15 is 0 Å². The maximum Gasteiger partial charge on any atom is 0.291 e. The molecule has 0 radical (unpaired) electrons. The van der Waals surface area contributed by atoms with Gasteiger partial charge in [0.2, 0.25) is 5.91 Å². The maximum atomic E-state index is 13.2. The highest BCUT2D eigenvalue weighted by Crippen LogP contribution is 2.26. The molecule has 0 bridgehead atoms. The van der Waals surface area contributed by atoms with E-state index in [0.717, 1.165) is 0 Å². The molecule has 2 aromatic rings. The third kappa shape index (κ3) is 4.59. The van der Waals surface area contributed by atoms with Crippen molar-refractivity contribution >= 4 is 35.6 Å². The molecule has 1 saturated heterocycles. The summed E-state index contributed by atoms with van der Waals surface area (Å²) in [6.07, 6.45) is 0.885. The van der Waals surface area contributed by atoms with E-state index < -0.39 is 30.8 Å². The predicted molar refractivity (Wildman–Crippen MR) is 95.1 cm³/mol. The van der Waals surface area contributed by atoms with Crippen molar-refractivity contribution in [2.24, 2.45) is 0 Å². The zero-order chi connectivity index (χ0) is 18.0. The Kier molecular flexibility index (Phi) is 5.99. The van der Waals surface area contributed by atoms with Crippen molar-refractivity contribution < 1.29 is 22.8 Å². The molecule has 1 aliphatic heterocycles. The zero-order valence-electron chi connectivity index (χ0n) is 13.8. The second-order valence-corrected chi connectivity index (χ2v) is 5.94. The molecule has 1 aliphatic rings. The van der Waals surface area contributed by atoms with Crippen LogP contribution in [-0.4, -0.2) is 30.3 Å². The van der Waals surface area contributed by atoms with Gasteiger partial charge in [-0.2, -0.15) is 0 Å². The van der Waals surface area contributed by atoms with Crippen LogP contribution in [0.4, 0.5) is 20.2 Å². The summed E-state index contributed by atoms with van der Waals surface area (Å²) < 4.78 is 31.3. The maximum absolute atomic E-state index is 13.2. The van der Waals surface area contributed by atoms with Crippen LogP contribution in [0, 0.1) is 6.92 Å². The highest BCUT2D eigenvalue weighted by molar-refractivity contribution is 6.03. The molecule has 6 nitrogen and oxygen atoms in total. The first-order chi connectivity index (χ1) is 11.8. The summed E-state index contributed by atoms with van der Waals surface area (Å²) in [6, 6.07) is 7.11. The molecule has 2 heterocycles. The number of hydrogen-bond acceptors (Lipinski definition) is 4. The molecule has 0 aliphatic carbocycles. The quantitative estimate of drug-likeness (QED) is 0.754. The number of furan rings is 1. The molecule has 1 atom stereocenters. The number of benzene rings is 1. The van der Waals surface area contributed by atoms with Crippen LogP contribution in [0.25, 0.3) is 0 Å². The number of alkyl halides is 2. The van der Waals surface area contributed by atoms with E-state index in [1.807, 2.05) is 0 Å². The molecule has 0 spiro atoms. The summed E-state index contributed by atoms with van der Waals surface area (Å²) in [4.78, 5) is 24.0. The van der Waals surface area contributed by atoms with Crippen LogP contribution in [-0.2, 0) is 4.79 Å². The van der Waals surface area contributed by atoms with Gasteiger partial charge < -0.3 is 15.1 Å². The van der Waals surface area contributed by atoms with Gasteiger partial charge in [0.25, 0.3) is 11.8 Å². The molecule has 140 valence electrons. The average molecular weight is 386 g/mol. The van der Waals surface area contributed by atoms with Crippen molar-refractivity contribution in [2.75, 3.05) is 17.2 Å². The highest BCUT2D eigenvalue weighted by Gasteiger charge is 2.42. The molecular weight excluding hydrogens is 368 g/mol. The Labute approximate surface area is 154 Å². The Morgan fingerprint density at radius 1 is 1.27 bits per heavy atom. The monoisotopic (exact) mass is 385 g/mol. The van der Waals surface area contributed by atoms with Crippen LogP contribution < -0.4 is 16.0 Å². The second kappa shape index (κ2) is 7.84. The van der Waals surface area contributed by atoms with Gasteiger partial charge in [0.15, 0.2) is 5.76 Å². The molecule has 26 heavy (non-hydrogen) atoms. The Morgan fingerprint density at radius 2 is 2.04 bits per heavy atom. The number of nitrogens with one attached hydrogen (secondary N) is 3. The van der Waals surface area contributed by atoms with E-state index in [0.29, 0.717) is 16.9 Å². The van der Waals surface area contributed by atoms with E-state index in [1.54, 1.807) is 37.3 Å². The van der Waals surface area contributed by atoms with Gasteiger partial charge in [-0.1, -0.05) is 0 Å². The molecule has 9 heteroatoms. The van der Waals surface area contributed by atoms with Gasteiger partial charge in [-0.15, -0.1) is 12.4 Å². The Balaban J connectivity index is 0.00000243. The van der Waals surface area contributed by atoms with Gasteiger partial charge in [0.1, 0.15) is 0 Å². The van der Waals surface area contributed by atoms with Gasteiger partial charge >= 0.3 is 0 Å². The number of halogens is 3. The normalized spacial score (nSPS) is 18.0. The van der Waals surface area contributed by atoms with Gasteiger partial charge in [-0.25, -0.2) is 8.78 Å². The van der Waals surface area contributed by atoms with Crippen LogP contribution in [0.3, 0.4) is 0 Å². The van der Waals surface area contributed by atoms with E-state index in [9.17, 15) is 18.4 Å². The largest absolute Gasteiger partial charge is 0.459 e. The Bertz CT molecular complexity index is 797. The second-order valence-electron chi connectivity index (χ2n) is 5.94. The molecule has 1 aromatic carbocycles. The van der Waals surface area contributed by atoms with Crippen LogP contribution in [0.1, 0.15) is 22.5 Å². The number of carbonyl (C=O) groups excluding carboxylic acids is 2. The summed E-state index contributed by atoms with van der Waals surface area (Å²) >= 11 is 0. The molecule has 2 amide bonds. The first-order valence-electron chi connectivity index (χ1n) is 7.72. The number of aryl methyl sites for hydroxylation is 1. The minimum atomic E-state index is -2.86. The topological polar surface area (TPSA) is 83.4 Å². The Morgan fingerprint density at radius 3 is 2.62 bits per heavy atom. The van der Waals surface area contributed by atoms with Crippen molar-refractivity contribution in [2.45, 2.75) is 25.3 Å². The van der Waals surface area contributed by atoms with Gasteiger partial charge in [0, 0.05) is 17.8 Å². The molecule has 3 N–H and O–H groups in total. The van der Waals surface area contributed by atoms with Crippen LogP contribution in [0.5, 0.6) is 0 Å². The first-order valence-corrected chi connectivity index (χ1v) is 7.72. The summed E-state index contributed by atoms with van der Waals surface area (Å²) in [5.41, 5.74) is 1.74. The minimum Gasteiger partial charge on any atom is -0.459 e. The standard InChI is InChI=1S/C17H17F2N3O3.ClH/c1-10-7-11(21-15(23)13-8-17(18,19)9-20-13)4-5-12(10)22-16(24)14-3-2-6-25-14;/h2-7,13,20H,8-9H2,1H3,(H,21,23)(H,22,24);1H. The highest BCUT2D eigenvalue weighted by atomic mass is 35.5. The van der Waals surface area contributed by atoms with Crippen molar-refractivity contribution in [3.05, 3.63) is 47.9 Å². The van der Waals surface area contributed by atoms with E-state index in [1.165, 1.54) is 6.26 Å². The van der Waals surface area contributed by atoms with E-state index in [4.69, 9.17) is 4.42 Å². The van der Waals surface area contributed by atoms with E-state index in [2.05, 4.69) is 16.0 Å². The summed E-state index contributed by atoms with van der Waals surface area (Å²) in [5, 5.41) is 7.81. The fourth-order valence-corrected chi connectivity index (χ4v) is 2.60. The number of rotatable bonds is 4. The van der Waals surface area contributed by atoms with Crippen molar-refractivity contribution in [1.82, 2.24) is 5.32 Å². The lowest BCUT2D eigenvalue weighted by Gasteiger charge is -2.13. The lowest BCUT2D eigenvalue weighted by molar-refractivity contribution is -0.118. The molecule has 0 saturated carbocycles. The van der Waals surface area contributed by atoms with Crippen molar-refractivity contribution in [3.63, 3.8) is 0 Å². The van der Waals surface area contributed by atoms with Gasteiger partial charge in [-0.05, 0) is 42.8 Å². The summed E-state index contributed by atoms with van der Waals surface area (Å²) in [5.74, 6) is -3.58. The van der Waals surface area contributed by atoms with Crippen LogP contribution >= 0.6 is 12.4 Å². The van der Waals surface area contributed by atoms with Crippen molar-refractivity contribution in [1.29, 1.82) is 0 Å². The number of amides is 2. The lowest BCUT2D eigenvalue weighted by atomic mass is 10.1. The first kappa shape index (κ1) is 19.9. The van der Waals surface area contributed by atoms with Gasteiger partial charge in [-0.3, -0.25) is 14.9 Å². The molecular formula is C17H18ClF2N3O3. The number of carbonyl (C=O) groups is 2. The average Bonchev–Trinajstić information content (AvgIpc) is 3.19. The fraction of sp³-hybridized carbons (Fsp3) is 0.294. The van der Waals surface area contributed by atoms with Crippen molar-refractivity contribution in [3.8, 4) is 0 Å². The fourth-order valence-electron chi connectivity index (χ4n) is 2.60. The molecule has 1 aromatic heterocycles. The predicted octanol–water partition coefficient (Wildman–Crippen LogP) is 3.20. The third-order valence-corrected chi connectivity index (χ3v) is 3.91. The molecule has 1 unspecified atom stereocenters. The zero-order valence-corrected chi connectivity index (χ0v) is 14.7. The summed E-state index contributed by atoms with van der Waals surface area (Å²) in [7, 11) is 0. The molecule has 1 fully saturated rings. The van der Waals surface area contributed by atoms with Crippen LogP contribution in [0.2, 0.25) is 0 Å². The molecule has 3 rings (SSSR count). The van der Waals surface area contributed by atoms with Gasteiger partial charge in [0.05, 0.1) is 18.8 Å². The third-order valence-electron chi connectivity index (χ3n) is 3.91. The number of anilines is 2. The minimum absolute atomic E-state index is 0. The number of hydrogen-bond donors (Lipinski definition) is 3. The van der Waals surface area contributed by atoms with E-state index in [-0.39, 0.29) is 24.1 Å². The smallest absolute Gasteiger partial charge is 0.291 e.